The van der Waals surface area contributed by atoms with Gasteiger partial charge in [0.2, 0.25) is 0 Å². The highest BCUT2D eigenvalue weighted by Gasteiger charge is 2.53. The highest BCUT2D eigenvalue weighted by atomic mass is 16.8. The molecule has 0 aromatic heterocycles. The first-order chi connectivity index (χ1) is 16.6. The molecule has 0 amide bonds. The normalized spacial score (nSPS) is 51.3. The number of rotatable bonds is 8. The van der Waals surface area contributed by atoms with Gasteiger partial charge in [0.05, 0.1) is 19.8 Å². The zero-order valence-electron chi connectivity index (χ0n) is 18.7. The van der Waals surface area contributed by atoms with E-state index in [9.17, 15) is 51.1 Å². The topological polar surface area (TPSA) is 258 Å². The Kier molecular flexibility index (Phi) is 10.1. The molecule has 0 radical (unpaired) electrons. The maximum absolute atomic E-state index is 10.7. The number of hydrogen-bond acceptors (Lipinski definition) is 16. The zero-order valence-corrected chi connectivity index (χ0v) is 18.7. The second kappa shape index (κ2) is 12.3. The lowest BCUT2D eigenvalue weighted by Gasteiger charge is -2.48. The Labute approximate surface area is 199 Å². The van der Waals surface area contributed by atoms with Crippen molar-refractivity contribution in [3.63, 3.8) is 0 Å². The SMILES string of the molecule is CO[C@@H]1O[C@H](CO)[C@@H](O[C@@H]2O[C@H](CO)[C@H](O[C@H]3O[C@@H](CO)[C@H](O)[C@@H](O)[C@@H]3O)[C@@H](O)[C@H]2O)[C@@H](O)[C@@H]1O. The van der Waals surface area contributed by atoms with Crippen LogP contribution < -0.4 is 0 Å². The summed E-state index contributed by atoms with van der Waals surface area (Å²) in [5, 5.41) is 100. The number of aliphatic hydroxyl groups excluding tert-OH is 10. The number of ether oxygens (including phenoxy) is 6. The Balaban J connectivity index is 1.72. The molecule has 16 nitrogen and oxygen atoms in total. The molecule has 206 valence electrons. The number of aliphatic hydroxyl groups is 10. The van der Waals surface area contributed by atoms with E-state index in [1.807, 2.05) is 0 Å². The standard InChI is InChI=1S/C19H34O16/c1-30-17-13(28)10(25)15(6(3-21)32-17)35-19-14(29)11(26)16(7(4-22)33-19)34-18-12(27)9(24)8(23)5(2-20)31-18/h5-29H,2-4H2,1H3/t5-,6+,7+,8-,9+,10-,11-,12-,13-,14+,15+,16-,17+,18+,19-/m0/s1. The van der Waals surface area contributed by atoms with Gasteiger partial charge in [0.25, 0.3) is 0 Å². The largest absolute Gasteiger partial charge is 0.394 e. The summed E-state index contributed by atoms with van der Waals surface area (Å²) in [4.78, 5) is 0. The van der Waals surface area contributed by atoms with Crippen LogP contribution in [0.25, 0.3) is 0 Å². The van der Waals surface area contributed by atoms with Gasteiger partial charge in [-0.2, -0.15) is 0 Å². The van der Waals surface area contributed by atoms with Crippen molar-refractivity contribution in [3.8, 4) is 0 Å². The molecule has 10 N–H and O–H groups in total. The van der Waals surface area contributed by atoms with E-state index >= 15 is 0 Å². The molecule has 0 aromatic carbocycles. The highest BCUT2D eigenvalue weighted by Crippen LogP contribution is 2.32. The van der Waals surface area contributed by atoms with E-state index < -0.39 is 112 Å². The van der Waals surface area contributed by atoms with Crippen molar-refractivity contribution in [1.82, 2.24) is 0 Å². The van der Waals surface area contributed by atoms with E-state index in [4.69, 9.17) is 28.4 Å². The van der Waals surface area contributed by atoms with Gasteiger partial charge in [0.15, 0.2) is 18.9 Å². The molecule has 3 fully saturated rings. The minimum Gasteiger partial charge on any atom is -0.394 e. The highest BCUT2D eigenvalue weighted by molar-refractivity contribution is 4.96. The fraction of sp³-hybridized carbons (Fsp3) is 1.00. The third-order valence-electron chi connectivity index (χ3n) is 6.30. The van der Waals surface area contributed by atoms with E-state index in [-0.39, 0.29) is 0 Å². The number of hydrogen-bond donors (Lipinski definition) is 10. The van der Waals surface area contributed by atoms with Gasteiger partial charge in [-0.25, -0.2) is 0 Å². The molecule has 0 aromatic rings. The Morgan fingerprint density at radius 2 is 0.857 bits per heavy atom. The number of methoxy groups -OCH3 is 1. The molecule has 3 heterocycles. The maximum Gasteiger partial charge on any atom is 0.187 e. The zero-order chi connectivity index (χ0) is 26.0. The quantitative estimate of drug-likeness (QED) is 0.143. The third kappa shape index (κ3) is 5.78. The molecular weight excluding hydrogens is 484 g/mol. The summed E-state index contributed by atoms with van der Waals surface area (Å²) < 4.78 is 31.9. The van der Waals surface area contributed by atoms with Gasteiger partial charge in [-0.15, -0.1) is 0 Å². The molecule has 3 aliphatic rings. The smallest absolute Gasteiger partial charge is 0.187 e. The van der Waals surface area contributed by atoms with Gasteiger partial charge in [-0.05, 0) is 0 Å². The van der Waals surface area contributed by atoms with Crippen molar-refractivity contribution in [3.05, 3.63) is 0 Å². The molecule has 0 saturated carbocycles. The van der Waals surface area contributed by atoms with E-state index in [2.05, 4.69) is 0 Å². The van der Waals surface area contributed by atoms with E-state index in [0.29, 0.717) is 0 Å². The van der Waals surface area contributed by atoms with Crippen molar-refractivity contribution in [2.45, 2.75) is 92.1 Å². The van der Waals surface area contributed by atoms with Crippen LogP contribution in [0.1, 0.15) is 0 Å². The average Bonchev–Trinajstić information content (AvgIpc) is 2.86. The minimum atomic E-state index is -1.88. The van der Waals surface area contributed by atoms with E-state index in [1.54, 1.807) is 0 Å². The molecule has 0 unspecified atom stereocenters. The molecule has 16 heteroatoms. The van der Waals surface area contributed by atoms with Crippen LogP contribution in [-0.2, 0) is 28.4 Å². The van der Waals surface area contributed by atoms with Gasteiger partial charge in [-0.3, -0.25) is 0 Å². The first-order valence-corrected chi connectivity index (χ1v) is 11.0. The Bertz CT molecular complexity index is 650. The first-order valence-electron chi connectivity index (χ1n) is 11.0. The molecule has 3 saturated heterocycles. The van der Waals surface area contributed by atoms with E-state index in [0.717, 1.165) is 0 Å². The van der Waals surface area contributed by atoms with E-state index in [1.165, 1.54) is 7.11 Å². The van der Waals surface area contributed by atoms with Crippen molar-refractivity contribution in [2.24, 2.45) is 0 Å². The average molecular weight is 518 g/mol. The third-order valence-corrected chi connectivity index (χ3v) is 6.30. The van der Waals surface area contributed by atoms with Gasteiger partial charge in [-0.1, -0.05) is 0 Å². The molecule has 35 heavy (non-hydrogen) atoms. The van der Waals surface area contributed by atoms with Gasteiger partial charge in [0.1, 0.15) is 73.2 Å². The van der Waals surface area contributed by atoms with Crippen LogP contribution in [-0.4, -0.2) is 170 Å². The Morgan fingerprint density at radius 1 is 0.486 bits per heavy atom. The van der Waals surface area contributed by atoms with Crippen LogP contribution >= 0.6 is 0 Å². The summed E-state index contributed by atoms with van der Waals surface area (Å²) in [7, 11) is 1.21. The van der Waals surface area contributed by atoms with Crippen LogP contribution in [0.4, 0.5) is 0 Å². The van der Waals surface area contributed by atoms with Crippen molar-refractivity contribution in [2.75, 3.05) is 26.9 Å². The summed E-state index contributed by atoms with van der Waals surface area (Å²) in [6.45, 7) is -2.21. The lowest BCUT2D eigenvalue weighted by Crippen LogP contribution is -2.66. The van der Waals surface area contributed by atoms with Crippen molar-refractivity contribution < 1.29 is 79.5 Å². The van der Waals surface area contributed by atoms with Gasteiger partial charge >= 0.3 is 0 Å². The lowest BCUT2D eigenvalue weighted by molar-refractivity contribution is -0.378. The Hall–Kier alpha value is -0.640. The first kappa shape index (κ1) is 28.9. The fourth-order valence-electron chi connectivity index (χ4n) is 4.24. The van der Waals surface area contributed by atoms with Crippen LogP contribution in [0.2, 0.25) is 0 Å². The molecule has 0 aliphatic carbocycles. The predicted molar refractivity (Wildman–Crippen MR) is 106 cm³/mol. The second-order valence-corrected chi connectivity index (χ2v) is 8.55. The molecular formula is C19H34O16. The van der Waals surface area contributed by atoms with Crippen LogP contribution in [0.5, 0.6) is 0 Å². The summed E-state index contributed by atoms with van der Waals surface area (Å²) in [6, 6.07) is 0. The monoisotopic (exact) mass is 518 g/mol. The minimum absolute atomic E-state index is 0.675. The fourth-order valence-corrected chi connectivity index (χ4v) is 4.24. The lowest BCUT2D eigenvalue weighted by atomic mass is 9.96. The van der Waals surface area contributed by atoms with Crippen LogP contribution in [0.3, 0.4) is 0 Å². The summed E-state index contributed by atoms with van der Waals surface area (Å²) in [5.74, 6) is 0. The predicted octanol–water partition coefficient (Wildman–Crippen LogP) is -6.92. The van der Waals surface area contributed by atoms with Crippen molar-refractivity contribution >= 4 is 0 Å². The Morgan fingerprint density at radius 3 is 1.29 bits per heavy atom. The molecule has 3 aliphatic heterocycles. The molecule has 15 atom stereocenters. The summed E-state index contributed by atoms with van der Waals surface area (Å²) >= 11 is 0. The second-order valence-electron chi connectivity index (χ2n) is 8.55. The molecule has 0 bridgehead atoms. The molecule has 3 rings (SSSR count). The van der Waals surface area contributed by atoms with Crippen LogP contribution in [0.15, 0.2) is 0 Å². The maximum atomic E-state index is 10.7. The van der Waals surface area contributed by atoms with Crippen LogP contribution in [0, 0.1) is 0 Å². The van der Waals surface area contributed by atoms with Crippen molar-refractivity contribution in [1.29, 1.82) is 0 Å². The summed E-state index contributed by atoms with van der Waals surface area (Å²) in [6.07, 6.45) is -23.8. The molecule has 0 spiro atoms. The van der Waals surface area contributed by atoms with Gasteiger partial charge < -0.3 is 79.5 Å². The van der Waals surface area contributed by atoms with Gasteiger partial charge in [0, 0.05) is 7.11 Å². The summed E-state index contributed by atoms with van der Waals surface area (Å²) in [5.41, 5.74) is 0.